The zero-order valence-corrected chi connectivity index (χ0v) is 19.4. The Hall–Kier alpha value is -2.73. The highest BCUT2D eigenvalue weighted by Gasteiger charge is 2.37. The lowest BCUT2D eigenvalue weighted by molar-refractivity contribution is -0.129. The largest absolute Gasteiger partial charge is 0.351 e. The summed E-state index contributed by atoms with van der Waals surface area (Å²) in [6.45, 7) is 4.86. The molecule has 4 rings (SSSR count). The van der Waals surface area contributed by atoms with Gasteiger partial charge in [-0.15, -0.1) is 0 Å². The number of carbonyl (C=O) groups excluding carboxylic acids is 2. The van der Waals surface area contributed by atoms with Gasteiger partial charge in [-0.1, -0.05) is 50.1 Å². The summed E-state index contributed by atoms with van der Waals surface area (Å²) in [4.78, 5) is 30.3. The SMILES string of the molecule is CCc1ccc(C(=O)N2CCN(C(C(=O)NCc3ccccc3F)C3CCCC3)CC2)cc1. The monoisotopic (exact) mass is 451 g/mol. The highest BCUT2D eigenvalue weighted by atomic mass is 19.1. The Labute approximate surface area is 196 Å². The summed E-state index contributed by atoms with van der Waals surface area (Å²) in [5.74, 6) is 0.0441. The van der Waals surface area contributed by atoms with Crippen LogP contribution in [-0.4, -0.2) is 53.8 Å². The Balaban J connectivity index is 1.38. The molecule has 2 fully saturated rings. The predicted molar refractivity (Wildman–Crippen MR) is 127 cm³/mol. The van der Waals surface area contributed by atoms with E-state index in [1.165, 1.54) is 11.6 Å². The average molecular weight is 452 g/mol. The average Bonchev–Trinajstić information content (AvgIpc) is 3.38. The van der Waals surface area contributed by atoms with Crippen molar-refractivity contribution >= 4 is 11.8 Å². The van der Waals surface area contributed by atoms with Crippen LogP contribution in [0.3, 0.4) is 0 Å². The third kappa shape index (κ3) is 5.61. The number of amides is 2. The number of aryl methyl sites for hydroxylation is 1. The van der Waals surface area contributed by atoms with E-state index >= 15 is 0 Å². The van der Waals surface area contributed by atoms with Crippen LogP contribution in [-0.2, 0) is 17.8 Å². The minimum absolute atomic E-state index is 0.0277. The Morgan fingerprint density at radius 1 is 1.00 bits per heavy atom. The molecule has 6 heteroatoms. The second-order valence-corrected chi connectivity index (χ2v) is 9.18. The van der Waals surface area contributed by atoms with E-state index in [1.54, 1.807) is 18.2 Å². The summed E-state index contributed by atoms with van der Waals surface area (Å²) >= 11 is 0. The lowest BCUT2D eigenvalue weighted by atomic mass is 9.94. The maximum Gasteiger partial charge on any atom is 0.253 e. The zero-order chi connectivity index (χ0) is 23.2. The first-order valence-corrected chi connectivity index (χ1v) is 12.2. The fraction of sp³-hybridized carbons (Fsp3) is 0.481. The Bertz CT molecular complexity index is 948. The molecule has 1 saturated carbocycles. The second kappa shape index (κ2) is 10.9. The maximum atomic E-state index is 14.0. The second-order valence-electron chi connectivity index (χ2n) is 9.18. The number of hydrogen-bond acceptors (Lipinski definition) is 3. The molecule has 2 aromatic carbocycles. The van der Waals surface area contributed by atoms with Crippen LogP contribution in [0.15, 0.2) is 48.5 Å². The molecule has 176 valence electrons. The van der Waals surface area contributed by atoms with Crippen LogP contribution < -0.4 is 5.32 Å². The molecule has 1 aliphatic heterocycles. The van der Waals surface area contributed by atoms with E-state index in [4.69, 9.17) is 0 Å². The molecule has 33 heavy (non-hydrogen) atoms. The van der Waals surface area contributed by atoms with Gasteiger partial charge in [0.15, 0.2) is 0 Å². The van der Waals surface area contributed by atoms with Gasteiger partial charge in [-0.3, -0.25) is 14.5 Å². The first kappa shape index (κ1) is 23.4. The van der Waals surface area contributed by atoms with Crippen LogP contribution in [0.1, 0.15) is 54.1 Å². The summed E-state index contributed by atoms with van der Waals surface area (Å²) in [7, 11) is 0. The molecule has 0 bridgehead atoms. The number of nitrogens with one attached hydrogen (secondary N) is 1. The van der Waals surface area contributed by atoms with Crippen LogP contribution in [0, 0.1) is 11.7 Å². The maximum absolute atomic E-state index is 14.0. The lowest BCUT2D eigenvalue weighted by Crippen LogP contribution is -2.57. The highest BCUT2D eigenvalue weighted by Crippen LogP contribution is 2.31. The third-order valence-corrected chi connectivity index (χ3v) is 7.13. The van der Waals surface area contributed by atoms with Crippen molar-refractivity contribution in [3.63, 3.8) is 0 Å². The van der Waals surface area contributed by atoms with E-state index < -0.39 is 0 Å². The third-order valence-electron chi connectivity index (χ3n) is 7.13. The van der Waals surface area contributed by atoms with Crippen molar-refractivity contribution in [2.45, 2.75) is 51.6 Å². The van der Waals surface area contributed by atoms with Crippen LogP contribution in [0.4, 0.5) is 4.39 Å². The van der Waals surface area contributed by atoms with Crippen molar-refractivity contribution in [3.05, 3.63) is 71.0 Å². The van der Waals surface area contributed by atoms with Gasteiger partial charge in [0.1, 0.15) is 5.82 Å². The normalized spacial score (nSPS) is 18.3. The van der Waals surface area contributed by atoms with Gasteiger partial charge in [-0.25, -0.2) is 4.39 Å². The van der Waals surface area contributed by atoms with E-state index in [1.807, 2.05) is 29.2 Å². The first-order valence-electron chi connectivity index (χ1n) is 12.2. The van der Waals surface area contributed by atoms with Gasteiger partial charge < -0.3 is 10.2 Å². The van der Waals surface area contributed by atoms with Crippen LogP contribution in [0.2, 0.25) is 0 Å². The van der Waals surface area contributed by atoms with E-state index in [0.717, 1.165) is 37.7 Å². The summed E-state index contributed by atoms with van der Waals surface area (Å²) in [6.07, 6.45) is 5.33. The van der Waals surface area contributed by atoms with Crippen LogP contribution in [0.5, 0.6) is 0 Å². The molecule has 0 spiro atoms. The molecule has 2 aliphatic rings. The Morgan fingerprint density at radius 3 is 2.30 bits per heavy atom. The molecule has 1 atom stereocenters. The smallest absolute Gasteiger partial charge is 0.253 e. The first-order chi connectivity index (χ1) is 16.1. The van der Waals surface area contributed by atoms with Gasteiger partial charge in [0.25, 0.3) is 5.91 Å². The molecular weight excluding hydrogens is 417 g/mol. The molecule has 1 N–H and O–H groups in total. The molecule has 1 unspecified atom stereocenters. The number of nitrogens with zero attached hydrogens (tertiary/aromatic N) is 2. The van der Waals surface area contributed by atoms with Crippen molar-refractivity contribution in [1.29, 1.82) is 0 Å². The molecule has 1 aliphatic carbocycles. The Morgan fingerprint density at radius 2 is 1.67 bits per heavy atom. The van der Waals surface area contributed by atoms with E-state index in [0.29, 0.717) is 37.7 Å². The molecule has 5 nitrogen and oxygen atoms in total. The van der Waals surface area contributed by atoms with Gasteiger partial charge in [-0.05, 0) is 48.9 Å². The Kier molecular flexibility index (Phi) is 7.76. The van der Waals surface area contributed by atoms with Gasteiger partial charge in [0.2, 0.25) is 5.91 Å². The van der Waals surface area contributed by atoms with Crippen molar-refractivity contribution in [3.8, 4) is 0 Å². The number of rotatable bonds is 7. The van der Waals surface area contributed by atoms with Crippen molar-refractivity contribution in [2.75, 3.05) is 26.2 Å². The topological polar surface area (TPSA) is 52.7 Å². The van der Waals surface area contributed by atoms with Crippen molar-refractivity contribution in [1.82, 2.24) is 15.1 Å². The zero-order valence-electron chi connectivity index (χ0n) is 19.4. The van der Waals surface area contributed by atoms with Crippen LogP contribution in [0.25, 0.3) is 0 Å². The summed E-state index contributed by atoms with van der Waals surface area (Å²) in [6, 6.07) is 14.2. The molecule has 2 amide bonds. The van der Waals surface area contributed by atoms with Crippen molar-refractivity contribution < 1.29 is 14.0 Å². The highest BCUT2D eigenvalue weighted by molar-refractivity contribution is 5.94. The van der Waals surface area contributed by atoms with E-state index in [2.05, 4.69) is 17.1 Å². The van der Waals surface area contributed by atoms with Crippen molar-refractivity contribution in [2.24, 2.45) is 5.92 Å². The van der Waals surface area contributed by atoms with Gasteiger partial charge in [0, 0.05) is 43.9 Å². The molecule has 0 aromatic heterocycles. The van der Waals surface area contributed by atoms with E-state index in [-0.39, 0.29) is 30.2 Å². The number of piperazine rings is 1. The molecule has 1 saturated heterocycles. The quantitative estimate of drug-likeness (QED) is 0.692. The van der Waals surface area contributed by atoms with E-state index in [9.17, 15) is 14.0 Å². The number of carbonyl (C=O) groups is 2. The van der Waals surface area contributed by atoms with Crippen LogP contribution >= 0.6 is 0 Å². The molecule has 0 radical (unpaired) electrons. The molecule has 2 aromatic rings. The minimum Gasteiger partial charge on any atom is -0.351 e. The summed E-state index contributed by atoms with van der Waals surface area (Å²) in [5, 5.41) is 2.98. The van der Waals surface area contributed by atoms with Gasteiger partial charge in [-0.2, -0.15) is 0 Å². The van der Waals surface area contributed by atoms with Gasteiger partial charge in [0.05, 0.1) is 6.04 Å². The van der Waals surface area contributed by atoms with Gasteiger partial charge >= 0.3 is 0 Å². The fourth-order valence-corrected chi connectivity index (χ4v) is 5.15. The number of hydrogen-bond donors (Lipinski definition) is 1. The summed E-state index contributed by atoms with van der Waals surface area (Å²) in [5.41, 5.74) is 2.44. The number of benzene rings is 2. The number of halogens is 1. The lowest BCUT2D eigenvalue weighted by Gasteiger charge is -2.40. The summed E-state index contributed by atoms with van der Waals surface area (Å²) < 4.78 is 14.0. The fourth-order valence-electron chi connectivity index (χ4n) is 5.15. The standard InChI is InChI=1S/C27H34FN3O2/c1-2-20-11-13-22(14-12-20)27(33)31-17-15-30(16-18-31)25(21-7-3-4-8-21)26(32)29-19-23-9-5-6-10-24(23)28/h5-6,9-14,21,25H,2-4,7-8,15-19H2,1H3,(H,29,32). The molecule has 1 heterocycles. The molecular formula is C27H34FN3O2. The predicted octanol–water partition coefficient (Wildman–Crippen LogP) is 4.02. The minimum atomic E-state index is -0.297.